The van der Waals surface area contributed by atoms with Crippen LogP contribution in [0.3, 0.4) is 0 Å². The maximum Gasteiger partial charge on any atom is 0.251 e. The second kappa shape index (κ2) is 11.6. The van der Waals surface area contributed by atoms with Gasteiger partial charge in [-0.15, -0.1) is 22.7 Å². The quantitative estimate of drug-likeness (QED) is 0.262. The molecule has 6 rings (SSSR count). The van der Waals surface area contributed by atoms with E-state index in [1.165, 1.54) is 0 Å². The minimum atomic E-state index is -0.0543. The lowest BCUT2D eigenvalue weighted by atomic mass is 10.1. The Hall–Kier alpha value is -4.28. The van der Waals surface area contributed by atoms with Crippen LogP contribution in [0.15, 0.2) is 88.1 Å². The van der Waals surface area contributed by atoms with Crippen LogP contribution >= 0.6 is 22.7 Å². The summed E-state index contributed by atoms with van der Waals surface area (Å²) in [4.78, 5) is 39.4. The van der Waals surface area contributed by atoms with Gasteiger partial charge in [-0.05, 0) is 49.4 Å². The molecule has 0 aliphatic carbocycles. The Bertz CT molecular complexity index is 1790. The van der Waals surface area contributed by atoms with Crippen molar-refractivity contribution < 1.29 is 0 Å². The predicted octanol–water partition coefficient (Wildman–Crippen LogP) is 6.01. The zero-order valence-electron chi connectivity index (χ0n) is 21.8. The molecule has 198 valence electrons. The Balaban J connectivity index is 0.000000158. The van der Waals surface area contributed by atoms with Crippen molar-refractivity contribution in [3.63, 3.8) is 0 Å². The van der Waals surface area contributed by atoms with E-state index in [1.807, 2.05) is 47.5 Å². The van der Waals surface area contributed by atoms with Crippen LogP contribution in [0.2, 0.25) is 0 Å². The van der Waals surface area contributed by atoms with Crippen LogP contribution in [-0.4, -0.2) is 29.1 Å². The van der Waals surface area contributed by atoms with Crippen LogP contribution in [0.1, 0.15) is 30.8 Å². The van der Waals surface area contributed by atoms with Crippen molar-refractivity contribution >= 4 is 22.7 Å². The lowest BCUT2D eigenvalue weighted by Gasteiger charge is -2.08. The van der Waals surface area contributed by atoms with Crippen molar-refractivity contribution in [1.29, 1.82) is 0 Å². The highest BCUT2D eigenvalue weighted by molar-refractivity contribution is 7.14. The van der Waals surface area contributed by atoms with Crippen molar-refractivity contribution in [2.75, 3.05) is 0 Å². The van der Waals surface area contributed by atoms with Gasteiger partial charge in [0, 0.05) is 69.2 Å². The monoisotopic (exact) mass is 556 g/mol. The zero-order valence-corrected chi connectivity index (χ0v) is 23.5. The van der Waals surface area contributed by atoms with Crippen molar-refractivity contribution in [2.45, 2.75) is 33.6 Å². The second-order valence-electron chi connectivity index (χ2n) is 8.84. The van der Waals surface area contributed by atoms with E-state index in [0.29, 0.717) is 0 Å². The van der Waals surface area contributed by atoms with Gasteiger partial charge in [0.15, 0.2) is 0 Å². The highest BCUT2D eigenvalue weighted by Crippen LogP contribution is 2.34. The Kier molecular flexibility index (Phi) is 7.85. The normalized spacial score (nSPS) is 10.8. The minimum absolute atomic E-state index is 0.00279. The summed E-state index contributed by atoms with van der Waals surface area (Å²) in [5, 5.41) is 4.14. The lowest BCUT2D eigenvalue weighted by molar-refractivity contribution is 1.00. The number of thiophene rings is 2. The fraction of sp³-hybridized carbons (Fsp3) is 0.172. The highest BCUT2D eigenvalue weighted by Gasteiger charge is 2.13. The zero-order chi connectivity index (χ0) is 27.4. The summed E-state index contributed by atoms with van der Waals surface area (Å²) in [5.74, 6) is 0. The van der Waals surface area contributed by atoms with E-state index in [9.17, 15) is 9.59 Å². The molecule has 0 atom stereocenters. The van der Waals surface area contributed by atoms with Gasteiger partial charge >= 0.3 is 0 Å². The number of aromatic amines is 2. The van der Waals surface area contributed by atoms with Crippen LogP contribution in [0.25, 0.3) is 32.3 Å². The van der Waals surface area contributed by atoms with Crippen LogP contribution in [0.5, 0.6) is 0 Å². The first kappa shape index (κ1) is 26.3. The van der Waals surface area contributed by atoms with Crippen molar-refractivity contribution in [1.82, 2.24) is 29.1 Å². The van der Waals surface area contributed by atoms with Gasteiger partial charge in [0.25, 0.3) is 5.56 Å². The third-order valence-corrected chi connectivity index (χ3v) is 8.23. The van der Waals surface area contributed by atoms with Gasteiger partial charge in [-0.25, -0.2) is 9.97 Å². The van der Waals surface area contributed by atoms with Gasteiger partial charge in [0.2, 0.25) is 5.56 Å². The van der Waals surface area contributed by atoms with Crippen molar-refractivity contribution in [3.05, 3.63) is 116 Å². The Labute approximate surface area is 233 Å². The van der Waals surface area contributed by atoms with Crippen LogP contribution < -0.4 is 11.1 Å². The van der Waals surface area contributed by atoms with Gasteiger partial charge in [-0.3, -0.25) is 9.59 Å². The van der Waals surface area contributed by atoms with E-state index in [2.05, 4.69) is 49.8 Å². The van der Waals surface area contributed by atoms with Gasteiger partial charge in [0.05, 0.1) is 28.9 Å². The molecule has 8 nitrogen and oxygen atoms in total. The first-order valence-corrected chi connectivity index (χ1v) is 14.3. The number of aromatic nitrogens is 6. The highest BCUT2D eigenvalue weighted by atomic mass is 32.1. The number of H-pyrrole nitrogens is 2. The van der Waals surface area contributed by atoms with Crippen LogP contribution in [-0.2, 0) is 12.8 Å². The molecule has 0 radical (unpaired) electrons. The first-order valence-electron chi connectivity index (χ1n) is 12.6. The fourth-order valence-electron chi connectivity index (χ4n) is 4.30. The number of nitrogens with zero attached hydrogens (tertiary/aromatic N) is 4. The van der Waals surface area contributed by atoms with Gasteiger partial charge in [-0.2, -0.15) is 0 Å². The van der Waals surface area contributed by atoms with Gasteiger partial charge in [-0.1, -0.05) is 13.8 Å². The number of hydrogen-bond acceptors (Lipinski definition) is 6. The standard InChI is InChI=1S/C15H15N3OS.C14H13N3OS/c1-3-13-12(6-10(2)15(19)17-13)14-7-11(8-20-14)18-5-4-16-9-18;1-2-11-10(3-4-13(18)16-11)14-12(5-8-19-14)17-7-6-15-9-17/h4-9H,3H2,1-2H3,(H,17,19);3-9H,2H2,1H3,(H,16,18). The van der Waals surface area contributed by atoms with Gasteiger partial charge < -0.3 is 19.1 Å². The Morgan fingerprint density at radius 1 is 0.846 bits per heavy atom. The van der Waals surface area contributed by atoms with E-state index < -0.39 is 0 Å². The molecule has 6 aromatic heterocycles. The molecule has 0 saturated heterocycles. The van der Waals surface area contributed by atoms with E-state index in [-0.39, 0.29) is 11.1 Å². The van der Waals surface area contributed by atoms with Crippen LogP contribution in [0.4, 0.5) is 0 Å². The predicted molar refractivity (Wildman–Crippen MR) is 158 cm³/mol. The summed E-state index contributed by atoms with van der Waals surface area (Å²) in [5.41, 5.74) is 7.02. The lowest BCUT2D eigenvalue weighted by Crippen LogP contribution is -2.12. The minimum Gasteiger partial charge on any atom is -0.326 e. The van der Waals surface area contributed by atoms with E-state index >= 15 is 0 Å². The number of imidazole rings is 2. The SMILES string of the molecule is CCc1[nH]c(=O)c(C)cc1-c1cc(-n2ccnc2)cs1.CCc1[nH]c(=O)ccc1-c1sccc1-n1ccnc1. The second-order valence-corrected chi connectivity index (χ2v) is 10.7. The number of nitrogens with one attached hydrogen (secondary N) is 2. The first-order chi connectivity index (χ1) is 19.0. The molecule has 39 heavy (non-hydrogen) atoms. The Morgan fingerprint density at radius 3 is 2.26 bits per heavy atom. The summed E-state index contributed by atoms with van der Waals surface area (Å²) in [7, 11) is 0. The molecule has 2 N–H and O–H groups in total. The fourth-order valence-corrected chi connectivity index (χ4v) is 6.18. The maximum atomic E-state index is 11.7. The molecular formula is C29H28N6O2S2. The molecule has 6 heterocycles. The summed E-state index contributed by atoms with van der Waals surface area (Å²) >= 11 is 3.34. The molecule has 0 aliphatic heterocycles. The van der Waals surface area contributed by atoms with Crippen LogP contribution in [0, 0.1) is 6.92 Å². The summed E-state index contributed by atoms with van der Waals surface area (Å²) in [6.45, 7) is 5.93. The van der Waals surface area contributed by atoms with E-state index in [0.717, 1.165) is 62.0 Å². The third kappa shape index (κ3) is 5.62. The summed E-state index contributed by atoms with van der Waals surface area (Å²) < 4.78 is 3.96. The molecule has 0 amide bonds. The van der Waals surface area contributed by atoms with Crippen molar-refractivity contribution in [3.8, 4) is 32.3 Å². The number of rotatable bonds is 6. The number of hydrogen-bond donors (Lipinski definition) is 2. The molecule has 10 heteroatoms. The van der Waals surface area contributed by atoms with Gasteiger partial charge in [0.1, 0.15) is 0 Å². The average Bonchev–Trinajstić information content (AvgIpc) is 3.76. The van der Waals surface area contributed by atoms with E-state index in [1.54, 1.807) is 53.8 Å². The molecular weight excluding hydrogens is 528 g/mol. The third-order valence-electron chi connectivity index (χ3n) is 6.34. The molecule has 0 bridgehead atoms. The topological polar surface area (TPSA) is 101 Å². The summed E-state index contributed by atoms with van der Waals surface area (Å²) in [6.07, 6.45) is 12.5. The molecule has 0 unspecified atom stereocenters. The molecule has 6 aromatic rings. The molecule has 0 aliphatic rings. The molecule has 0 aromatic carbocycles. The summed E-state index contributed by atoms with van der Waals surface area (Å²) in [6, 6.07) is 9.63. The average molecular weight is 557 g/mol. The number of pyridine rings is 2. The molecule has 0 fully saturated rings. The smallest absolute Gasteiger partial charge is 0.251 e. The molecule has 0 spiro atoms. The Morgan fingerprint density at radius 2 is 1.56 bits per heavy atom. The maximum absolute atomic E-state index is 11.7. The van der Waals surface area contributed by atoms with E-state index in [4.69, 9.17) is 0 Å². The largest absolute Gasteiger partial charge is 0.326 e. The number of aryl methyl sites for hydroxylation is 3. The molecule has 0 saturated carbocycles. The van der Waals surface area contributed by atoms with Crippen molar-refractivity contribution in [2.24, 2.45) is 0 Å².